The minimum atomic E-state index is -4.73. The second kappa shape index (κ2) is 4.36. The number of urea groups is 1. The van der Waals surface area contributed by atoms with E-state index >= 15 is 0 Å². The Bertz CT molecular complexity index is 644. The summed E-state index contributed by atoms with van der Waals surface area (Å²) >= 11 is 0. The monoisotopic (exact) mass is 304 g/mol. The van der Waals surface area contributed by atoms with E-state index in [2.05, 4.69) is 19.8 Å². The van der Waals surface area contributed by atoms with Gasteiger partial charge in [0.1, 0.15) is 0 Å². The summed E-state index contributed by atoms with van der Waals surface area (Å²) in [6.07, 6.45) is 1.10. The van der Waals surface area contributed by atoms with E-state index in [1.54, 1.807) is 7.05 Å². The maximum atomic E-state index is 12.2. The van der Waals surface area contributed by atoms with E-state index in [0.717, 1.165) is 0 Å². The molecule has 1 unspecified atom stereocenters. The van der Waals surface area contributed by atoms with Gasteiger partial charge in [-0.25, -0.2) is 9.48 Å². The van der Waals surface area contributed by atoms with Crippen LogP contribution >= 0.6 is 0 Å². The van der Waals surface area contributed by atoms with Gasteiger partial charge in [-0.1, -0.05) is 0 Å². The number of aromatic nitrogens is 4. The molecule has 0 spiro atoms. The van der Waals surface area contributed by atoms with Gasteiger partial charge < -0.3 is 4.90 Å². The fraction of sp³-hybridized carbons (Fsp3) is 0.750. The van der Waals surface area contributed by atoms with Crippen LogP contribution in [0.2, 0.25) is 0 Å². The highest BCUT2D eigenvalue weighted by atomic mass is 32.3. The van der Waals surface area contributed by atoms with E-state index < -0.39 is 22.5 Å². The Labute approximate surface area is 114 Å². The van der Waals surface area contributed by atoms with Crippen LogP contribution in [0.5, 0.6) is 0 Å². The molecule has 2 saturated heterocycles. The SMILES string of the molecule is Cn1nnnc1[C@@H]1CCC2CN1C(=O)N2OS(=O)(=O)O. The predicted molar refractivity (Wildman–Crippen MR) is 61.1 cm³/mol. The lowest BCUT2D eigenvalue weighted by molar-refractivity contribution is -0.0317. The molecule has 110 valence electrons. The van der Waals surface area contributed by atoms with E-state index in [0.29, 0.717) is 30.3 Å². The minimum Gasteiger partial charge on any atom is -0.310 e. The van der Waals surface area contributed by atoms with Crippen molar-refractivity contribution in [3.63, 3.8) is 0 Å². The van der Waals surface area contributed by atoms with Gasteiger partial charge in [0.15, 0.2) is 5.82 Å². The van der Waals surface area contributed by atoms with Crippen molar-refractivity contribution >= 4 is 16.4 Å². The highest BCUT2D eigenvalue weighted by Gasteiger charge is 2.48. The third-order valence-electron chi connectivity index (χ3n) is 3.45. The van der Waals surface area contributed by atoms with Gasteiger partial charge in [0.2, 0.25) is 0 Å². The number of fused-ring (bicyclic) bond motifs is 2. The maximum Gasteiger partial charge on any atom is 0.418 e. The third kappa shape index (κ3) is 2.10. The molecule has 3 heterocycles. The number of tetrazole rings is 1. The second-order valence-electron chi connectivity index (χ2n) is 4.67. The van der Waals surface area contributed by atoms with E-state index in [9.17, 15) is 13.2 Å². The molecule has 1 aromatic heterocycles. The minimum absolute atomic E-state index is 0.297. The van der Waals surface area contributed by atoms with Crippen molar-refractivity contribution in [2.24, 2.45) is 7.05 Å². The first kappa shape index (κ1) is 13.2. The summed E-state index contributed by atoms with van der Waals surface area (Å²) in [5, 5.41) is 11.8. The molecular formula is C8H12N6O5S. The van der Waals surface area contributed by atoms with Crippen molar-refractivity contribution < 1.29 is 22.0 Å². The van der Waals surface area contributed by atoms with E-state index in [-0.39, 0.29) is 6.04 Å². The van der Waals surface area contributed by atoms with Crippen molar-refractivity contribution in [3.05, 3.63) is 5.82 Å². The summed E-state index contributed by atoms with van der Waals surface area (Å²) in [5.74, 6) is 0.519. The number of hydrogen-bond donors (Lipinski definition) is 1. The van der Waals surface area contributed by atoms with Crippen molar-refractivity contribution in [2.75, 3.05) is 6.54 Å². The molecule has 2 bridgehead atoms. The molecular weight excluding hydrogens is 292 g/mol. The molecule has 0 aliphatic carbocycles. The fourth-order valence-electron chi connectivity index (χ4n) is 2.62. The Kier molecular flexibility index (Phi) is 2.88. The van der Waals surface area contributed by atoms with E-state index in [1.807, 2.05) is 0 Å². The Morgan fingerprint density at radius 1 is 1.40 bits per heavy atom. The summed E-state index contributed by atoms with van der Waals surface area (Å²) in [4.78, 5) is 13.6. The van der Waals surface area contributed by atoms with Crippen LogP contribution in [-0.4, -0.2) is 61.8 Å². The second-order valence-corrected chi connectivity index (χ2v) is 5.68. The Morgan fingerprint density at radius 3 is 2.75 bits per heavy atom. The molecule has 2 fully saturated rings. The molecule has 1 aromatic rings. The number of hydrogen-bond acceptors (Lipinski definition) is 7. The molecule has 12 heteroatoms. The van der Waals surface area contributed by atoms with Crippen molar-refractivity contribution in [1.82, 2.24) is 30.2 Å². The average molecular weight is 304 g/mol. The highest BCUT2D eigenvalue weighted by Crippen LogP contribution is 2.37. The third-order valence-corrected chi connectivity index (χ3v) is 3.80. The fourth-order valence-corrected chi connectivity index (χ4v) is 3.01. The zero-order valence-corrected chi connectivity index (χ0v) is 11.3. The number of aryl methyl sites for hydroxylation is 1. The zero-order valence-electron chi connectivity index (χ0n) is 10.4. The summed E-state index contributed by atoms with van der Waals surface area (Å²) < 4.78 is 36.0. The number of hydroxylamine groups is 2. The number of rotatable bonds is 3. The molecule has 11 nitrogen and oxygen atoms in total. The Hall–Kier alpha value is -1.79. The van der Waals surface area contributed by atoms with Crippen LogP contribution in [-0.2, 0) is 21.7 Å². The molecule has 3 rings (SSSR count). The van der Waals surface area contributed by atoms with Crippen LogP contribution in [0.25, 0.3) is 0 Å². The van der Waals surface area contributed by atoms with Crippen LogP contribution < -0.4 is 0 Å². The topological polar surface area (TPSA) is 131 Å². The number of nitrogens with zero attached hydrogens (tertiary/aromatic N) is 6. The largest absolute Gasteiger partial charge is 0.418 e. The van der Waals surface area contributed by atoms with Gasteiger partial charge in [-0.05, 0) is 23.3 Å². The van der Waals surface area contributed by atoms with E-state index in [4.69, 9.17) is 4.55 Å². The number of amides is 2. The lowest BCUT2D eigenvalue weighted by atomic mass is 10.0. The quantitative estimate of drug-likeness (QED) is 0.695. The highest BCUT2D eigenvalue weighted by molar-refractivity contribution is 7.80. The van der Waals surface area contributed by atoms with Crippen LogP contribution in [0, 0.1) is 0 Å². The molecule has 0 radical (unpaired) electrons. The Morgan fingerprint density at radius 2 is 2.15 bits per heavy atom. The molecule has 2 amide bonds. The standard InChI is InChI=1S/C8H12N6O5S/c1-12-7(9-10-11-12)6-3-2-5-4-13(6)8(15)14(5)19-20(16,17)18/h5-6H,2-4H2,1H3,(H,16,17,18)/t5?,6-/m0/s1. The lowest BCUT2D eigenvalue weighted by Crippen LogP contribution is -2.35. The van der Waals surface area contributed by atoms with Crippen LogP contribution in [0.3, 0.4) is 0 Å². The molecule has 0 saturated carbocycles. The number of piperidine rings is 1. The van der Waals surface area contributed by atoms with Crippen molar-refractivity contribution in [3.8, 4) is 0 Å². The average Bonchev–Trinajstić information content (AvgIpc) is 2.87. The first-order valence-electron chi connectivity index (χ1n) is 5.86. The van der Waals surface area contributed by atoms with Crippen LogP contribution in [0.15, 0.2) is 0 Å². The van der Waals surface area contributed by atoms with Crippen molar-refractivity contribution in [1.29, 1.82) is 0 Å². The van der Waals surface area contributed by atoms with Gasteiger partial charge in [-0.2, -0.15) is 13.5 Å². The smallest absolute Gasteiger partial charge is 0.310 e. The molecule has 1 N–H and O–H groups in total. The molecule has 0 aromatic carbocycles. The predicted octanol–water partition coefficient (Wildman–Crippen LogP) is -1.11. The van der Waals surface area contributed by atoms with Crippen LogP contribution in [0.4, 0.5) is 4.79 Å². The van der Waals surface area contributed by atoms with Gasteiger partial charge in [0, 0.05) is 13.6 Å². The number of carbonyl (C=O) groups is 1. The van der Waals surface area contributed by atoms with Gasteiger partial charge in [0.25, 0.3) is 0 Å². The first-order valence-corrected chi connectivity index (χ1v) is 7.22. The van der Waals surface area contributed by atoms with Gasteiger partial charge >= 0.3 is 16.4 Å². The summed E-state index contributed by atoms with van der Waals surface area (Å²) in [6, 6.07) is -1.38. The number of carbonyl (C=O) groups excluding carboxylic acids is 1. The van der Waals surface area contributed by atoms with Gasteiger partial charge in [0.05, 0.1) is 12.1 Å². The maximum absolute atomic E-state index is 12.2. The van der Waals surface area contributed by atoms with Gasteiger partial charge in [-0.15, -0.1) is 9.38 Å². The summed E-state index contributed by atoms with van der Waals surface area (Å²) in [7, 11) is -3.06. The summed E-state index contributed by atoms with van der Waals surface area (Å²) in [6.45, 7) is 0.297. The first-order chi connectivity index (χ1) is 9.37. The lowest BCUT2D eigenvalue weighted by Gasteiger charge is -2.28. The van der Waals surface area contributed by atoms with E-state index in [1.165, 1.54) is 9.58 Å². The molecule has 2 aliphatic heterocycles. The van der Waals surface area contributed by atoms with Crippen LogP contribution in [0.1, 0.15) is 24.7 Å². The Balaban J connectivity index is 1.86. The normalized spacial score (nSPS) is 26.4. The van der Waals surface area contributed by atoms with Crippen molar-refractivity contribution in [2.45, 2.75) is 24.9 Å². The zero-order chi connectivity index (χ0) is 14.5. The summed E-state index contributed by atoms with van der Waals surface area (Å²) in [5.41, 5.74) is 0. The van der Waals surface area contributed by atoms with Gasteiger partial charge in [-0.3, -0.25) is 4.55 Å². The molecule has 20 heavy (non-hydrogen) atoms. The molecule has 2 aliphatic rings. The molecule has 2 atom stereocenters.